The van der Waals surface area contributed by atoms with Gasteiger partial charge in [0.15, 0.2) is 0 Å². The molecule has 5 nitrogen and oxygen atoms in total. The van der Waals surface area contributed by atoms with Crippen molar-refractivity contribution in [1.82, 2.24) is 10.2 Å². The zero-order valence-electron chi connectivity index (χ0n) is 13.0. The van der Waals surface area contributed by atoms with E-state index in [0.717, 1.165) is 43.5 Å². The third-order valence-electron chi connectivity index (χ3n) is 4.36. The fourth-order valence-corrected chi connectivity index (χ4v) is 2.92. The zero-order valence-corrected chi connectivity index (χ0v) is 13.0. The Morgan fingerprint density at radius 3 is 2.73 bits per heavy atom. The number of nitrogens with zero attached hydrogens (tertiary/aromatic N) is 1. The molecular formula is C17H23N3O2. The lowest BCUT2D eigenvalue weighted by Crippen LogP contribution is -2.46. The van der Waals surface area contributed by atoms with Gasteiger partial charge >= 0.3 is 0 Å². The van der Waals surface area contributed by atoms with Crippen molar-refractivity contribution >= 4 is 17.5 Å². The van der Waals surface area contributed by atoms with Crippen molar-refractivity contribution in [2.45, 2.75) is 44.7 Å². The molecule has 1 saturated heterocycles. The SMILES string of the molecule is Cc1ccccc1NC(=O)CN1CCCC1C(=O)NC1CC1. The predicted octanol–water partition coefficient (Wildman–Crippen LogP) is 1.68. The number of benzene rings is 1. The van der Waals surface area contributed by atoms with Crippen LogP contribution in [-0.2, 0) is 9.59 Å². The molecule has 5 heteroatoms. The molecule has 2 amide bonds. The van der Waals surface area contributed by atoms with Crippen molar-refractivity contribution in [2.24, 2.45) is 0 Å². The molecule has 3 rings (SSSR count). The number of hydrogen-bond donors (Lipinski definition) is 2. The van der Waals surface area contributed by atoms with Crippen molar-refractivity contribution < 1.29 is 9.59 Å². The van der Waals surface area contributed by atoms with E-state index in [0.29, 0.717) is 6.04 Å². The minimum atomic E-state index is -0.150. The fraction of sp³-hybridized carbons (Fsp3) is 0.529. The Morgan fingerprint density at radius 2 is 2.00 bits per heavy atom. The molecule has 1 aliphatic carbocycles. The molecule has 1 heterocycles. The Balaban J connectivity index is 1.55. The first-order chi connectivity index (χ1) is 10.6. The first-order valence-electron chi connectivity index (χ1n) is 8.03. The van der Waals surface area contributed by atoms with Crippen LogP contribution in [-0.4, -0.2) is 41.9 Å². The lowest BCUT2D eigenvalue weighted by Gasteiger charge is -2.23. The summed E-state index contributed by atoms with van der Waals surface area (Å²) in [4.78, 5) is 26.4. The Morgan fingerprint density at radius 1 is 1.23 bits per heavy atom. The summed E-state index contributed by atoms with van der Waals surface area (Å²) in [6.45, 7) is 3.05. The summed E-state index contributed by atoms with van der Waals surface area (Å²) in [5.41, 5.74) is 1.88. The summed E-state index contributed by atoms with van der Waals surface area (Å²) in [5.74, 6) is 0.0316. The zero-order chi connectivity index (χ0) is 15.5. The van der Waals surface area contributed by atoms with Crippen LogP contribution in [0.4, 0.5) is 5.69 Å². The van der Waals surface area contributed by atoms with E-state index < -0.39 is 0 Å². The molecular weight excluding hydrogens is 278 g/mol. The van der Waals surface area contributed by atoms with E-state index in [1.165, 1.54) is 0 Å². The van der Waals surface area contributed by atoms with Gasteiger partial charge < -0.3 is 10.6 Å². The molecule has 0 bridgehead atoms. The van der Waals surface area contributed by atoms with Gasteiger partial charge in [0.2, 0.25) is 11.8 Å². The van der Waals surface area contributed by atoms with Gasteiger partial charge in [0.1, 0.15) is 0 Å². The van der Waals surface area contributed by atoms with Crippen molar-refractivity contribution in [2.75, 3.05) is 18.4 Å². The molecule has 1 aromatic rings. The highest BCUT2D eigenvalue weighted by Gasteiger charge is 2.34. The molecule has 1 aromatic carbocycles. The van der Waals surface area contributed by atoms with Gasteiger partial charge in [-0.2, -0.15) is 0 Å². The molecule has 1 aliphatic heterocycles. The maximum atomic E-state index is 12.2. The van der Waals surface area contributed by atoms with Gasteiger partial charge in [-0.25, -0.2) is 0 Å². The molecule has 1 atom stereocenters. The molecule has 0 aromatic heterocycles. The van der Waals surface area contributed by atoms with Crippen molar-refractivity contribution in [3.8, 4) is 0 Å². The van der Waals surface area contributed by atoms with Crippen LogP contribution in [0.15, 0.2) is 24.3 Å². The monoisotopic (exact) mass is 301 g/mol. The normalized spacial score (nSPS) is 21.6. The Bertz CT molecular complexity index is 569. The highest BCUT2D eigenvalue weighted by molar-refractivity contribution is 5.93. The van der Waals surface area contributed by atoms with E-state index in [4.69, 9.17) is 0 Å². The van der Waals surface area contributed by atoms with Crippen LogP contribution in [0.3, 0.4) is 0 Å². The predicted molar refractivity (Wildman–Crippen MR) is 85.6 cm³/mol. The van der Waals surface area contributed by atoms with Gasteiger partial charge in [0.05, 0.1) is 12.6 Å². The summed E-state index contributed by atoms with van der Waals surface area (Å²) in [6, 6.07) is 7.94. The number of anilines is 1. The van der Waals surface area contributed by atoms with Crippen LogP contribution in [0.1, 0.15) is 31.2 Å². The number of nitrogens with one attached hydrogen (secondary N) is 2. The van der Waals surface area contributed by atoms with Gasteiger partial charge in [0, 0.05) is 11.7 Å². The van der Waals surface area contributed by atoms with Gasteiger partial charge in [0.25, 0.3) is 0 Å². The molecule has 118 valence electrons. The number of amides is 2. The summed E-state index contributed by atoms with van der Waals surface area (Å²) in [6.07, 6.45) is 4.00. The number of likely N-dealkylation sites (tertiary alicyclic amines) is 1. The topological polar surface area (TPSA) is 61.4 Å². The average molecular weight is 301 g/mol. The Hall–Kier alpha value is -1.88. The van der Waals surface area contributed by atoms with Crippen molar-refractivity contribution in [3.63, 3.8) is 0 Å². The Kier molecular flexibility index (Phi) is 4.43. The van der Waals surface area contributed by atoms with Gasteiger partial charge in [-0.15, -0.1) is 0 Å². The fourth-order valence-electron chi connectivity index (χ4n) is 2.92. The number of carbonyl (C=O) groups is 2. The van der Waals surface area contributed by atoms with Crippen LogP contribution in [0, 0.1) is 6.92 Å². The van der Waals surface area contributed by atoms with Crippen molar-refractivity contribution in [3.05, 3.63) is 29.8 Å². The maximum Gasteiger partial charge on any atom is 0.238 e. The quantitative estimate of drug-likeness (QED) is 0.870. The minimum absolute atomic E-state index is 0.0552. The second-order valence-corrected chi connectivity index (χ2v) is 6.27. The van der Waals surface area contributed by atoms with E-state index in [1.807, 2.05) is 36.1 Å². The van der Waals surface area contributed by atoms with Crippen molar-refractivity contribution in [1.29, 1.82) is 0 Å². The number of aryl methyl sites for hydroxylation is 1. The van der Waals surface area contributed by atoms with Gasteiger partial charge in [-0.05, 0) is 50.8 Å². The summed E-state index contributed by atoms with van der Waals surface area (Å²) in [7, 11) is 0. The van der Waals surface area contributed by atoms with Crippen LogP contribution in [0.25, 0.3) is 0 Å². The van der Waals surface area contributed by atoms with Crippen LogP contribution in [0.5, 0.6) is 0 Å². The van der Waals surface area contributed by atoms with Gasteiger partial charge in [-0.1, -0.05) is 18.2 Å². The number of rotatable bonds is 5. The van der Waals surface area contributed by atoms with Crippen LogP contribution in [0.2, 0.25) is 0 Å². The van der Waals surface area contributed by atoms with E-state index in [-0.39, 0.29) is 24.4 Å². The largest absolute Gasteiger partial charge is 0.352 e. The van der Waals surface area contributed by atoms with Gasteiger partial charge in [-0.3, -0.25) is 14.5 Å². The van der Waals surface area contributed by atoms with Crippen LogP contribution < -0.4 is 10.6 Å². The first-order valence-corrected chi connectivity index (χ1v) is 8.03. The molecule has 2 N–H and O–H groups in total. The average Bonchev–Trinajstić information content (AvgIpc) is 3.17. The third-order valence-corrected chi connectivity index (χ3v) is 4.36. The maximum absolute atomic E-state index is 12.2. The molecule has 2 aliphatic rings. The van der Waals surface area contributed by atoms with Crippen LogP contribution >= 0.6 is 0 Å². The minimum Gasteiger partial charge on any atom is -0.352 e. The second-order valence-electron chi connectivity index (χ2n) is 6.27. The number of carbonyl (C=O) groups excluding carboxylic acids is 2. The molecule has 22 heavy (non-hydrogen) atoms. The third kappa shape index (κ3) is 3.65. The van der Waals surface area contributed by atoms with E-state index in [1.54, 1.807) is 0 Å². The van der Waals surface area contributed by atoms with E-state index in [2.05, 4.69) is 10.6 Å². The molecule has 2 fully saturated rings. The molecule has 1 unspecified atom stereocenters. The molecule has 0 radical (unpaired) electrons. The standard InChI is InChI=1S/C17H23N3O2/c1-12-5-2-3-6-14(12)19-16(21)11-20-10-4-7-15(20)17(22)18-13-8-9-13/h2-3,5-6,13,15H,4,7-11H2,1H3,(H,18,22)(H,19,21). The summed E-state index contributed by atoms with van der Waals surface area (Å²) in [5, 5.41) is 5.98. The second kappa shape index (κ2) is 6.48. The molecule has 0 spiro atoms. The number of para-hydroxylation sites is 1. The Labute approximate surface area is 131 Å². The highest BCUT2D eigenvalue weighted by Crippen LogP contribution is 2.22. The smallest absolute Gasteiger partial charge is 0.238 e. The summed E-state index contributed by atoms with van der Waals surface area (Å²) < 4.78 is 0. The number of hydrogen-bond acceptors (Lipinski definition) is 3. The lowest BCUT2D eigenvalue weighted by atomic mass is 10.2. The highest BCUT2D eigenvalue weighted by atomic mass is 16.2. The first kappa shape index (κ1) is 15.0. The summed E-state index contributed by atoms with van der Waals surface area (Å²) >= 11 is 0. The lowest BCUT2D eigenvalue weighted by molar-refractivity contribution is -0.126. The molecule has 1 saturated carbocycles. The van der Waals surface area contributed by atoms with E-state index >= 15 is 0 Å². The van der Waals surface area contributed by atoms with E-state index in [9.17, 15) is 9.59 Å².